The molecule has 2 rings (SSSR count). The summed E-state index contributed by atoms with van der Waals surface area (Å²) in [6.07, 6.45) is 1.79. The molecule has 0 bridgehead atoms. The minimum absolute atomic E-state index is 0.288. The third kappa shape index (κ3) is 6.02. The zero-order valence-electron chi connectivity index (χ0n) is 15.9. The van der Waals surface area contributed by atoms with Crippen molar-refractivity contribution in [2.75, 3.05) is 25.6 Å². The van der Waals surface area contributed by atoms with Crippen LogP contribution in [0.4, 0.5) is 5.69 Å². The zero-order valence-corrected chi connectivity index (χ0v) is 15.9. The summed E-state index contributed by atoms with van der Waals surface area (Å²) in [7, 11) is 1.50. The van der Waals surface area contributed by atoms with Gasteiger partial charge < -0.3 is 19.5 Å². The van der Waals surface area contributed by atoms with Crippen LogP contribution in [-0.2, 0) is 16.0 Å². The number of benzene rings is 2. The molecule has 144 valence electrons. The van der Waals surface area contributed by atoms with Crippen LogP contribution in [0.2, 0.25) is 0 Å². The van der Waals surface area contributed by atoms with Crippen LogP contribution in [0.15, 0.2) is 42.5 Å². The van der Waals surface area contributed by atoms with Crippen LogP contribution in [0.25, 0.3) is 0 Å². The number of ether oxygens (including phenoxy) is 3. The summed E-state index contributed by atoms with van der Waals surface area (Å²) in [6, 6.07) is 12.3. The molecule has 0 saturated heterocycles. The minimum atomic E-state index is -0.605. The molecule has 0 aliphatic carbocycles. The fourth-order valence-electron chi connectivity index (χ4n) is 2.36. The fraction of sp³-hybridized carbons (Fsp3) is 0.333. The second kappa shape index (κ2) is 10.2. The van der Waals surface area contributed by atoms with Crippen molar-refractivity contribution >= 4 is 17.6 Å². The zero-order chi connectivity index (χ0) is 19.6. The van der Waals surface area contributed by atoms with Crippen LogP contribution >= 0.6 is 0 Å². The van der Waals surface area contributed by atoms with Gasteiger partial charge in [-0.3, -0.25) is 4.79 Å². The van der Waals surface area contributed by atoms with E-state index in [9.17, 15) is 9.59 Å². The third-order valence-corrected chi connectivity index (χ3v) is 3.84. The largest absolute Gasteiger partial charge is 0.493 e. The summed E-state index contributed by atoms with van der Waals surface area (Å²) in [6.45, 7) is 4.25. The highest BCUT2D eigenvalue weighted by atomic mass is 16.5. The van der Waals surface area contributed by atoms with E-state index in [1.165, 1.54) is 18.7 Å². The van der Waals surface area contributed by atoms with Gasteiger partial charge in [0.15, 0.2) is 18.1 Å². The number of hydrogen-bond donors (Lipinski definition) is 1. The molecule has 0 atom stereocenters. The van der Waals surface area contributed by atoms with Crippen molar-refractivity contribution in [3.05, 3.63) is 53.6 Å². The molecule has 0 aliphatic heterocycles. The van der Waals surface area contributed by atoms with Gasteiger partial charge >= 0.3 is 5.97 Å². The number of carbonyl (C=O) groups is 2. The summed E-state index contributed by atoms with van der Waals surface area (Å²) in [4.78, 5) is 24.1. The van der Waals surface area contributed by atoms with E-state index in [-0.39, 0.29) is 12.2 Å². The van der Waals surface area contributed by atoms with Crippen LogP contribution < -0.4 is 14.8 Å². The normalized spacial score (nSPS) is 10.2. The Balaban J connectivity index is 1.91. The maximum absolute atomic E-state index is 12.2. The number of hydrogen-bond acceptors (Lipinski definition) is 5. The minimum Gasteiger partial charge on any atom is -0.493 e. The van der Waals surface area contributed by atoms with Gasteiger partial charge in [0, 0.05) is 5.69 Å². The van der Waals surface area contributed by atoms with E-state index in [1.807, 2.05) is 31.2 Å². The lowest BCUT2D eigenvalue weighted by atomic mass is 10.1. The smallest absolute Gasteiger partial charge is 0.338 e. The molecule has 2 aromatic rings. The number of aryl methyl sites for hydroxylation is 1. The van der Waals surface area contributed by atoms with Crippen molar-refractivity contribution in [1.29, 1.82) is 0 Å². The first-order valence-electron chi connectivity index (χ1n) is 8.94. The van der Waals surface area contributed by atoms with Gasteiger partial charge in [0.1, 0.15) is 0 Å². The molecule has 0 radical (unpaired) electrons. The summed E-state index contributed by atoms with van der Waals surface area (Å²) >= 11 is 0. The average Bonchev–Trinajstić information content (AvgIpc) is 2.70. The lowest BCUT2D eigenvalue weighted by Crippen LogP contribution is -2.21. The maximum Gasteiger partial charge on any atom is 0.338 e. The van der Waals surface area contributed by atoms with E-state index in [0.29, 0.717) is 23.8 Å². The summed E-state index contributed by atoms with van der Waals surface area (Å²) in [5.74, 6) is -0.00294. The van der Waals surface area contributed by atoms with Crippen molar-refractivity contribution in [1.82, 2.24) is 0 Å². The van der Waals surface area contributed by atoms with Crippen LogP contribution in [-0.4, -0.2) is 32.2 Å². The van der Waals surface area contributed by atoms with E-state index >= 15 is 0 Å². The van der Waals surface area contributed by atoms with Crippen molar-refractivity contribution in [3.63, 3.8) is 0 Å². The van der Waals surface area contributed by atoms with Crippen molar-refractivity contribution in [3.8, 4) is 11.5 Å². The molecule has 27 heavy (non-hydrogen) atoms. The SMILES string of the molecule is CCCOc1ccc(C(=O)OCC(=O)Nc2ccc(CC)cc2)cc1OC. The van der Waals surface area contributed by atoms with Gasteiger partial charge in [0.25, 0.3) is 5.91 Å². The van der Waals surface area contributed by atoms with E-state index in [0.717, 1.165) is 12.8 Å². The standard InChI is InChI=1S/C21H25NO5/c1-4-12-26-18-11-8-16(13-19(18)25-3)21(24)27-14-20(23)22-17-9-6-15(5-2)7-10-17/h6-11,13H,4-5,12,14H2,1-3H3,(H,22,23). The fourth-order valence-corrected chi connectivity index (χ4v) is 2.36. The van der Waals surface area contributed by atoms with Gasteiger partial charge in [-0.25, -0.2) is 4.79 Å². The highest BCUT2D eigenvalue weighted by Gasteiger charge is 2.14. The lowest BCUT2D eigenvalue weighted by molar-refractivity contribution is -0.119. The summed E-state index contributed by atoms with van der Waals surface area (Å²) in [5, 5.41) is 2.69. The number of rotatable bonds is 9. The second-order valence-corrected chi connectivity index (χ2v) is 5.89. The van der Waals surface area contributed by atoms with E-state index in [4.69, 9.17) is 14.2 Å². The number of amides is 1. The highest BCUT2D eigenvalue weighted by molar-refractivity contribution is 5.95. The second-order valence-electron chi connectivity index (χ2n) is 5.89. The third-order valence-electron chi connectivity index (χ3n) is 3.84. The number of methoxy groups -OCH3 is 1. The van der Waals surface area contributed by atoms with Crippen LogP contribution in [0.5, 0.6) is 11.5 Å². The van der Waals surface area contributed by atoms with Gasteiger partial charge in [-0.1, -0.05) is 26.0 Å². The average molecular weight is 371 g/mol. The molecule has 0 unspecified atom stereocenters. The molecule has 0 spiro atoms. The first-order valence-corrected chi connectivity index (χ1v) is 8.94. The quantitative estimate of drug-likeness (QED) is 0.678. The highest BCUT2D eigenvalue weighted by Crippen LogP contribution is 2.28. The monoisotopic (exact) mass is 371 g/mol. The Kier molecular flexibility index (Phi) is 7.67. The van der Waals surface area contributed by atoms with Crippen molar-refractivity contribution < 1.29 is 23.8 Å². The molecule has 1 amide bonds. The van der Waals surface area contributed by atoms with Gasteiger partial charge in [0.2, 0.25) is 0 Å². The predicted octanol–water partition coefficient (Wildman–Crippen LogP) is 3.84. The van der Waals surface area contributed by atoms with Crippen LogP contribution in [0.1, 0.15) is 36.2 Å². The predicted molar refractivity (Wildman–Crippen MR) is 104 cm³/mol. The molecule has 0 saturated carbocycles. The number of esters is 1. The number of carbonyl (C=O) groups excluding carboxylic acids is 2. The Labute approximate surface area is 159 Å². The molecule has 2 aromatic carbocycles. The summed E-state index contributed by atoms with van der Waals surface area (Å²) < 4.78 is 15.9. The Morgan fingerprint density at radius 3 is 2.37 bits per heavy atom. The first-order chi connectivity index (χ1) is 13.1. The lowest BCUT2D eigenvalue weighted by Gasteiger charge is -2.11. The van der Waals surface area contributed by atoms with Gasteiger partial charge in [-0.15, -0.1) is 0 Å². The molecule has 1 N–H and O–H groups in total. The van der Waals surface area contributed by atoms with E-state index in [1.54, 1.807) is 12.1 Å². The molecule has 0 heterocycles. The van der Waals surface area contributed by atoms with E-state index < -0.39 is 11.9 Å². The Bertz CT molecular complexity index is 771. The molecule has 6 nitrogen and oxygen atoms in total. The Morgan fingerprint density at radius 2 is 1.74 bits per heavy atom. The van der Waals surface area contributed by atoms with Crippen LogP contribution in [0, 0.1) is 0 Å². The Morgan fingerprint density at radius 1 is 1.00 bits per heavy atom. The Hall–Kier alpha value is -3.02. The molecule has 6 heteroatoms. The topological polar surface area (TPSA) is 73.9 Å². The number of anilines is 1. The molecule has 0 fully saturated rings. The van der Waals surface area contributed by atoms with Gasteiger partial charge in [0.05, 0.1) is 19.3 Å². The van der Waals surface area contributed by atoms with Crippen LogP contribution in [0.3, 0.4) is 0 Å². The van der Waals surface area contributed by atoms with Crippen molar-refractivity contribution in [2.45, 2.75) is 26.7 Å². The molecule has 0 aromatic heterocycles. The van der Waals surface area contributed by atoms with Crippen molar-refractivity contribution in [2.24, 2.45) is 0 Å². The molecule has 0 aliphatic rings. The van der Waals surface area contributed by atoms with E-state index in [2.05, 4.69) is 12.2 Å². The maximum atomic E-state index is 12.2. The van der Waals surface area contributed by atoms with Gasteiger partial charge in [-0.05, 0) is 48.7 Å². The number of nitrogens with one attached hydrogen (secondary N) is 1. The van der Waals surface area contributed by atoms with Gasteiger partial charge in [-0.2, -0.15) is 0 Å². The molecular weight excluding hydrogens is 346 g/mol. The molecular formula is C21H25NO5. The first kappa shape index (κ1) is 20.3. The summed E-state index contributed by atoms with van der Waals surface area (Å²) in [5.41, 5.74) is 2.13.